The van der Waals surface area contributed by atoms with Crippen LogP contribution in [0.2, 0.25) is 6.04 Å². The van der Waals surface area contributed by atoms with Crippen LogP contribution >= 0.6 is 0 Å². The molecule has 0 spiro atoms. The van der Waals surface area contributed by atoms with Gasteiger partial charge in [-0.3, -0.25) is 14.4 Å². The first-order valence-corrected chi connectivity index (χ1v) is 6.83. The molecule has 0 aromatic rings. The van der Waals surface area contributed by atoms with Crippen LogP contribution in [0.15, 0.2) is 0 Å². The van der Waals surface area contributed by atoms with Gasteiger partial charge in [-0.1, -0.05) is 6.92 Å². The number of hydrogen-bond acceptors (Lipinski definition) is 6. The summed E-state index contributed by atoms with van der Waals surface area (Å²) >= 11 is 0. The molecule has 0 aromatic carbocycles. The summed E-state index contributed by atoms with van der Waals surface area (Å²) in [6, 6.07) is 0.228. The van der Waals surface area contributed by atoms with Crippen LogP contribution < -0.4 is 0 Å². The lowest BCUT2D eigenvalue weighted by Crippen LogP contribution is -2.49. The van der Waals surface area contributed by atoms with E-state index in [9.17, 15) is 14.4 Å². The third kappa shape index (κ3) is 5.49. The van der Waals surface area contributed by atoms with E-state index in [1.807, 2.05) is 0 Å². The van der Waals surface area contributed by atoms with Crippen LogP contribution in [0, 0.1) is 0 Å². The Balaban J connectivity index is 4.93. The van der Waals surface area contributed by atoms with E-state index in [2.05, 4.69) is 0 Å². The normalized spacial score (nSPS) is 10.5. The quantitative estimate of drug-likeness (QED) is 0.676. The van der Waals surface area contributed by atoms with Crippen molar-refractivity contribution in [3.05, 3.63) is 0 Å². The highest BCUT2D eigenvalue weighted by Gasteiger charge is 2.50. The first-order chi connectivity index (χ1) is 7.31. The van der Waals surface area contributed by atoms with Gasteiger partial charge in [-0.2, -0.15) is 0 Å². The molecule has 0 amide bonds. The van der Waals surface area contributed by atoms with E-state index in [0.29, 0.717) is 6.42 Å². The van der Waals surface area contributed by atoms with Crippen molar-refractivity contribution in [2.45, 2.75) is 40.2 Å². The maximum Gasteiger partial charge on any atom is 0.705 e. The molecule has 0 aliphatic rings. The molecule has 0 N–H and O–H groups in total. The molecule has 0 heterocycles. The molecule has 0 fully saturated rings. The third-order valence-corrected chi connectivity index (χ3v) is 4.36. The predicted molar refractivity (Wildman–Crippen MR) is 56.2 cm³/mol. The van der Waals surface area contributed by atoms with E-state index in [-0.39, 0.29) is 6.04 Å². The highest BCUT2D eigenvalue weighted by Crippen LogP contribution is 2.18. The Labute approximate surface area is 95.2 Å². The van der Waals surface area contributed by atoms with Gasteiger partial charge in [0.15, 0.2) is 0 Å². The van der Waals surface area contributed by atoms with Crippen molar-refractivity contribution in [1.29, 1.82) is 0 Å². The first kappa shape index (κ1) is 14.6. The summed E-state index contributed by atoms with van der Waals surface area (Å²) in [6.07, 6.45) is 0.570. The molecule has 0 aliphatic carbocycles. The molecule has 0 unspecified atom stereocenters. The third-order valence-electron chi connectivity index (χ3n) is 1.45. The van der Waals surface area contributed by atoms with Crippen molar-refractivity contribution in [1.82, 2.24) is 0 Å². The molecule has 0 bridgehead atoms. The fraction of sp³-hybridized carbons (Fsp3) is 0.667. The minimum atomic E-state index is -3.53. The second-order valence-corrected chi connectivity index (χ2v) is 5.69. The largest absolute Gasteiger partial charge is 0.705 e. The maximum absolute atomic E-state index is 10.9. The average Bonchev–Trinajstić information content (AvgIpc) is 1.98. The highest BCUT2D eigenvalue weighted by atomic mass is 28.4. The number of hydrogen-bond donors (Lipinski definition) is 0. The molecule has 0 saturated carbocycles. The second-order valence-electron chi connectivity index (χ2n) is 3.21. The lowest BCUT2D eigenvalue weighted by molar-refractivity contribution is -0.147. The first-order valence-electron chi connectivity index (χ1n) is 4.90. The molecule has 0 aliphatic heterocycles. The second kappa shape index (κ2) is 6.26. The molecule has 92 valence electrons. The van der Waals surface area contributed by atoms with E-state index < -0.39 is 26.7 Å². The monoisotopic (exact) mass is 248 g/mol. The number of carbonyl (C=O) groups is 3. The number of carbonyl (C=O) groups excluding carboxylic acids is 3. The summed E-state index contributed by atoms with van der Waals surface area (Å²) in [5.74, 6) is -1.91. The lowest BCUT2D eigenvalue weighted by atomic mass is 10.6. The standard InChI is InChI=1S/C9H16O6Si/c1-5-6-16(13-7(2)10,14-8(3)11)15-9(4)12/h5-6H2,1-4H3. The molecular formula is C9H16O6Si. The van der Waals surface area contributed by atoms with Gasteiger partial charge in [-0.15, -0.1) is 0 Å². The maximum atomic E-state index is 10.9. The summed E-state index contributed by atoms with van der Waals surface area (Å²) in [4.78, 5) is 32.8. The van der Waals surface area contributed by atoms with Gasteiger partial charge in [0, 0.05) is 20.8 Å². The fourth-order valence-electron chi connectivity index (χ4n) is 1.18. The molecule has 0 saturated heterocycles. The van der Waals surface area contributed by atoms with Crippen LogP contribution in [0.1, 0.15) is 34.1 Å². The van der Waals surface area contributed by atoms with Crippen LogP contribution in [0.25, 0.3) is 0 Å². The van der Waals surface area contributed by atoms with E-state index in [0.717, 1.165) is 0 Å². The van der Waals surface area contributed by atoms with Crippen LogP contribution in [-0.2, 0) is 27.7 Å². The van der Waals surface area contributed by atoms with Crippen molar-refractivity contribution in [3.8, 4) is 0 Å². The molecule has 7 heteroatoms. The van der Waals surface area contributed by atoms with Crippen LogP contribution in [0.5, 0.6) is 0 Å². The lowest BCUT2D eigenvalue weighted by Gasteiger charge is -2.25. The predicted octanol–water partition coefficient (Wildman–Crippen LogP) is 1.02. The van der Waals surface area contributed by atoms with Gasteiger partial charge in [0.1, 0.15) is 0 Å². The van der Waals surface area contributed by atoms with E-state index in [1.165, 1.54) is 20.8 Å². The molecule has 16 heavy (non-hydrogen) atoms. The average molecular weight is 248 g/mol. The topological polar surface area (TPSA) is 78.9 Å². The Kier molecular flexibility index (Phi) is 5.72. The van der Waals surface area contributed by atoms with Crippen molar-refractivity contribution >= 4 is 26.7 Å². The van der Waals surface area contributed by atoms with Gasteiger partial charge >= 0.3 is 8.80 Å². The van der Waals surface area contributed by atoms with Crippen molar-refractivity contribution in [2.24, 2.45) is 0 Å². The summed E-state index contributed by atoms with van der Waals surface area (Å²) in [6.45, 7) is 5.32. The van der Waals surface area contributed by atoms with Gasteiger partial charge in [0.25, 0.3) is 17.9 Å². The molecule has 0 aromatic heterocycles. The van der Waals surface area contributed by atoms with Gasteiger partial charge < -0.3 is 13.3 Å². The van der Waals surface area contributed by atoms with Crippen LogP contribution in [0.3, 0.4) is 0 Å². The Hall–Kier alpha value is -1.37. The fourth-order valence-corrected chi connectivity index (χ4v) is 3.54. The Bertz CT molecular complexity index is 247. The smallest absolute Gasteiger partial charge is 0.455 e. The summed E-state index contributed by atoms with van der Waals surface area (Å²) in [7, 11) is -3.53. The van der Waals surface area contributed by atoms with E-state index >= 15 is 0 Å². The van der Waals surface area contributed by atoms with Crippen molar-refractivity contribution in [2.75, 3.05) is 0 Å². The summed E-state index contributed by atoms with van der Waals surface area (Å²) in [5, 5.41) is 0. The SMILES string of the molecule is CCC[Si](OC(C)=O)(OC(C)=O)OC(C)=O. The zero-order valence-electron chi connectivity index (χ0n) is 9.86. The minimum Gasteiger partial charge on any atom is -0.455 e. The zero-order chi connectivity index (χ0) is 12.8. The van der Waals surface area contributed by atoms with E-state index in [4.69, 9.17) is 13.3 Å². The van der Waals surface area contributed by atoms with E-state index in [1.54, 1.807) is 6.92 Å². The minimum absolute atomic E-state index is 0.228. The Morgan fingerprint density at radius 1 is 0.875 bits per heavy atom. The Morgan fingerprint density at radius 3 is 1.38 bits per heavy atom. The van der Waals surface area contributed by atoms with Gasteiger partial charge in [0.2, 0.25) is 0 Å². The molecular weight excluding hydrogens is 232 g/mol. The van der Waals surface area contributed by atoms with Gasteiger partial charge in [0.05, 0.1) is 6.04 Å². The van der Waals surface area contributed by atoms with Crippen LogP contribution in [-0.4, -0.2) is 26.7 Å². The van der Waals surface area contributed by atoms with Gasteiger partial charge in [-0.25, -0.2) is 0 Å². The van der Waals surface area contributed by atoms with Crippen molar-refractivity contribution < 1.29 is 27.7 Å². The molecule has 0 rings (SSSR count). The molecule has 0 atom stereocenters. The number of rotatable bonds is 5. The zero-order valence-corrected chi connectivity index (χ0v) is 10.9. The Morgan fingerprint density at radius 2 is 1.19 bits per heavy atom. The van der Waals surface area contributed by atoms with Gasteiger partial charge in [-0.05, 0) is 6.42 Å². The summed E-state index contributed by atoms with van der Waals surface area (Å²) < 4.78 is 14.7. The highest BCUT2D eigenvalue weighted by molar-refractivity contribution is 6.65. The van der Waals surface area contributed by atoms with Crippen molar-refractivity contribution in [3.63, 3.8) is 0 Å². The van der Waals surface area contributed by atoms with Crippen LogP contribution in [0.4, 0.5) is 0 Å². The molecule has 0 radical (unpaired) electrons. The molecule has 6 nitrogen and oxygen atoms in total. The summed E-state index contributed by atoms with van der Waals surface area (Å²) in [5.41, 5.74) is 0.